The second kappa shape index (κ2) is 11.4. The van der Waals surface area contributed by atoms with Gasteiger partial charge in [-0.1, -0.05) is 53.5 Å². The molecule has 3 rings (SSSR count). The van der Waals surface area contributed by atoms with E-state index in [2.05, 4.69) is 10.6 Å². The number of rotatable bonds is 7. The lowest BCUT2D eigenvalue weighted by Crippen LogP contribution is -2.41. The van der Waals surface area contributed by atoms with Gasteiger partial charge in [-0.3, -0.25) is 4.79 Å². The van der Waals surface area contributed by atoms with Crippen LogP contribution in [0.2, 0.25) is 10.0 Å². The molecule has 0 saturated heterocycles. The molecule has 0 bridgehead atoms. The van der Waals surface area contributed by atoms with Gasteiger partial charge in [-0.25, -0.2) is 9.59 Å². The molecule has 0 aromatic heterocycles. The molecule has 0 spiro atoms. The first kappa shape index (κ1) is 24.1. The number of anilines is 1. The lowest BCUT2D eigenvalue weighted by atomic mass is 10.1. The summed E-state index contributed by atoms with van der Waals surface area (Å²) in [7, 11) is 0. The summed E-state index contributed by atoms with van der Waals surface area (Å²) in [5.41, 5.74) is 1.40. The number of nitrogens with one attached hydrogen (secondary N) is 2. The van der Waals surface area contributed by atoms with Crippen LogP contribution in [-0.2, 0) is 16.1 Å². The third-order valence-corrected chi connectivity index (χ3v) is 4.89. The molecule has 0 aliphatic heterocycles. The summed E-state index contributed by atoms with van der Waals surface area (Å²) >= 11 is 11.9. The van der Waals surface area contributed by atoms with Gasteiger partial charge in [-0.05, 0) is 48.9 Å². The Morgan fingerprint density at radius 1 is 0.909 bits per heavy atom. The molecule has 3 aromatic carbocycles. The van der Waals surface area contributed by atoms with Gasteiger partial charge >= 0.3 is 12.1 Å². The highest BCUT2D eigenvalue weighted by molar-refractivity contribution is 6.31. The lowest BCUT2D eigenvalue weighted by molar-refractivity contribution is -0.136. The van der Waals surface area contributed by atoms with Crippen molar-refractivity contribution in [3.05, 3.63) is 94.0 Å². The largest absolute Gasteiger partial charge is 0.445 e. The number of esters is 1. The third-order valence-electron chi connectivity index (χ3n) is 4.40. The summed E-state index contributed by atoms with van der Waals surface area (Å²) in [6.07, 6.45) is -0.782. The second-order valence-corrected chi connectivity index (χ2v) is 7.82. The number of alkyl carbamates (subject to hydrolysis) is 1. The van der Waals surface area contributed by atoms with E-state index in [0.29, 0.717) is 10.7 Å². The van der Waals surface area contributed by atoms with Gasteiger partial charge in [0, 0.05) is 21.8 Å². The van der Waals surface area contributed by atoms with Crippen LogP contribution in [0.15, 0.2) is 72.8 Å². The molecule has 1 atom stereocenters. The number of carbonyl (C=O) groups excluding carboxylic acids is 3. The van der Waals surface area contributed by atoms with Gasteiger partial charge in [0.15, 0.2) is 0 Å². The average molecular weight is 487 g/mol. The normalized spacial score (nSPS) is 11.2. The van der Waals surface area contributed by atoms with Crippen molar-refractivity contribution in [1.29, 1.82) is 0 Å². The predicted octanol–water partition coefficient (Wildman–Crippen LogP) is 5.47. The zero-order valence-electron chi connectivity index (χ0n) is 17.5. The first-order valence-electron chi connectivity index (χ1n) is 9.87. The van der Waals surface area contributed by atoms with Gasteiger partial charge < -0.3 is 20.1 Å². The molecule has 0 heterocycles. The van der Waals surface area contributed by atoms with Gasteiger partial charge in [0.2, 0.25) is 0 Å². The Kier molecular flexibility index (Phi) is 8.29. The smallest absolute Gasteiger partial charge is 0.408 e. The molecule has 33 heavy (non-hydrogen) atoms. The van der Waals surface area contributed by atoms with Crippen LogP contribution in [0.5, 0.6) is 5.75 Å². The molecule has 170 valence electrons. The fourth-order valence-corrected chi connectivity index (χ4v) is 2.99. The first-order chi connectivity index (χ1) is 15.8. The van der Waals surface area contributed by atoms with E-state index in [-0.39, 0.29) is 22.9 Å². The molecule has 0 aliphatic carbocycles. The Hall–Kier alpha value is -3.55. The molecule has 2 amide bonds. The Labute approximate surface area is 200 Å². The van der Waals surface area contributed by atoms with Crippen LogP contribution in [0.3, 0.4) is 0 Å². The van der Waals surface area contributed by atoms with Crippen LogP contribution in [0, 0.1) is 0 Å². The number of benzene rings is 3. The average Bonchev–Trinajstić information content (AvgIpc) is 2.80. The van der Waals surface area contributed by atoms with E-state index < -0.39 is 24.0 Å². The van der Waals surface area contributed by atoms with Crippen LogP contribution in [0.1, 0.15) is 22.8 Å². The number of hydrogen-bond donors (Lipinski definition) is 2. The Bertz CT molecular complexity index is 1140. The van der Waals surface area contributed by atoms with Gasteiger partial charge in [0.05, 0.1) is 5.56 Å². The second-order valence-electron chi connectivity index (χ2n) is 6.95. The van der Waals surface area contributed by atoms with Crippen molar-refractivity contribution in [3.63, 3.8) is 0 Å². The van der Waals surface area contributed by atoms with Gasteiger partial charge in [0.25, 0.3) is 5.91 Å². The van der Waals surface area contributed by atoms with E-state index in [1.807, 2.05) is 18.2 Å². The van der Waals surface area contributed by atoms with E-state index in [1.165, 1.54) is 25.1 Å². The zero-order valence-corrected chi connectivity index (χ0v) is 19.0. The highest BCUT2D eigenvalue weighted by Crippen LogP contribution is 2.25. The Balaban J connectivity index is 1.62. The van der Waals surface area contributed by atoms with Crippen LogP contribution in [0.4, 0.5) is 10.5 Å². The highest BCUT2D eigenvalue weighted by Gasteiger charge is 2.22. The molecule has 0 fully saturated rings. The molecular formula is C24H20Cl2N2O5. The summed E-state index contributed by atoms with van der Waals surface area (Å²) in [4.78, 5) is 37.2. The van der Waals surface area contributed by atoms with Gasteiger partial charge in [-0.15, -0.1) is 0 Å². The van der Waals surface area contributed by atoms with E-state index >= 15 is 0 Å². The molecule has 0 unspecified atom stereocenters. The summed E-state index contributed by atoms with van der Waals surface area (Å²) in [6.45, 7) is 1.49. The van der Waals surface area contributed by atoms with Crippen molar-refractivity contribution in [2.75, 3.05) is 5.32 Å². The van der Waals surface area contributed by atoms with Crippen molar-refractivity contribution in [3.8, 4) is 5.75 Å². The summed E-state index contributed by atoms with van der Waals surface area (Å²) in [5.74, 6) is -1.36. The molecule has 0 saturated carbocycles. The number of halogens is 2. The SMILES string of the molecule is C[C@H](NC(=O)OCc1ccccc1)C(=O)Oc1cc(Cl)ccc1C(=O)Nc1ccc(Cl)cc1. The number of carbonyl (C=O) groups is 3. The monoisotopic (exact) mass is 486 g/mol. The standard InChI is InChI=1S/C24H20Cl2N2O5/c1-15(27-24(31)32-14-16-5-3-2-4-6-16)23(30)33-21-13-18(26)9-12-20(21)22(29)28-19-10-7-17(25)8-11-19/h2-13,15H,14H2,1H3,(H,27,31)(H,28,29)/t15-/m0/s1. The van der Waals surface area contributed by atoms with Crippen molar-refractivity contribution in [2.45, 2.75) is 19.6 Å². The maximum Gasteiger partial charge on any atom is 0.408 e. The predicted molar refractivity (Wildman–Crippen MR) is 126 cm³/mol. The van der Waals surface area contributed by atoms with E-state index in [1.54, 1.807) is 36.4 Å². The maximum absolute atomic E-state index is 12.7. The van der Waals surface area contributed by atoms with Gasteiger partial charge in [-0.2, -0.15) is 0 Å². The van der Waals surface area contributed by atoms with Crippen LogP contribution in [-0.4, -0.2) is 24.0 Å². The third kappa shape index (κ3) is 7.24. The first-order valence-corrected chi connectivity index (χ1v) is 10.6. The minimum absolute atomic E-state index is 0.0507. The zero-order chi connectivity index (χ0) is 23.8. The summed E-state index contributed by atoms with van der Waals surface area (Å²) in [6, 6.07) is 18.9. The quantitative estimate of drug-likeness (QED) is 0.341. The molecule has 7 nitrogen and oxygen atoms in total. The minimum Gasteiger partial charge on any atom is -0.445 e. The van der Waals surface area contributed by atoms with Crippen molar-refractivity contribution in [1.82, 2.24) is 5.32 Å². The Morgan fingerprint density at radius 3 is 2.27 bits per heavy atom. The van der Waals surface area contributed by atoms with Gasteiger partial charge in [0.1, 0.15) is 18.4 Å². The summed E-state index contributed by atoms with van der Waals surface area (Å²) < 4.78 is 10.5. The molecular weight excluding hydrogens is 467 g/mol. The lowest BCUT2D eigenvalue weighted by Gasteiger charge is -2.15. The fraction of sp³-hybridized carbons (Fsp3) is 0.125. The topological polar surface area (TPSA) is 93.7 Å². The molecule has 0 radical (unpaired) electrons. The highest BCUT2D eigenvalue weighted by atomic mass is 35.5. The van der Waals surface area contributed by atoms with E-state index in [9.17, 15) is 14.4 Å². The van der Waals surface area contributed by atoms with Crippen molar-refractivity contribution >= 4 is 46.9 Å². The minimum atomic E-state index is -1.04. The van der Waals surface area contributed by atoms with E-state index in [0.717, 1.165) is 5.56 Å². The number of ether oxygens (including phenoxy) is 2. The van der Waals surface area contributed by atoms with Crippen molar-refractivity contribution in [2.24, 2.45) is 0 Å². The molecule has 3 aromatic rings. The fourth-order valence-electron chi connectivity index (χ4n) is 2.70. The Morgan fingerprint density at radius 2 is 1.58 bits per heavy atom. The van der Waals surface area contributed by atoms with Crippen molar-refractivity contribution < 1.29 is 23.9 Å². The maximum atomic E-state index is 12.7. The number of hydrogen-bond acceptors (Lipinski definition) is 5. The number of amides is 2. The van der Waals surface area contributed by atoms with Crippen LogP contribution >= 0.6 is 23.2 Å². The van der Waals surface area contributed by atoms with Crippen LogP contribution < -0.4 is 15.4 Å². The summed E-state index contributed by atoms with van der Waals surface area (Å²) in [5, 5.41) is 5.88. The molecule has 9 heteroatoms. The van der Waals surface area contributed by atoms with Crippen LogP contribution in [0.25, 0.3) is 0 Å². The van der Waals surface area contributed by atoms with E-state index in [4.69, 9.17) is 32.7 Å². The molecule has 0 aliphatic rings. The molecule has 2 N–H and O–H groups in total.